The summed E-state index contributed by atoms with van der Waals surface area (Å²) in [6.07, 6.45) is 1.64. The van der Waals surface area contributed by atoms with E-state index in [4.69, 9.17) is 13.9 Å². The molecular weight excluding hydrogens is 482 g/mol. The van der Waals surface area contributed by atoms with E-state index in [0.29, 0.717) is 36.0 Å². The number of furan rings is 1. The monoisotopic (exact) mass is 507 g/mol. The van der Waals surface area contributed by atoms with Gasteiger partial charge >= 0.3 is 5.97 Å². The molecule has 0 radical (unpaired) electrons. The number of aryl methyl sites for hydroxylation is 1. The maximum atomic E-state index is 12.9. The van der Waals surface area contributed by atoms with Gasteiger partial charge in [-0.1, -0.05) is 35.9 Å². The van der Waals surface area contributed by atoms with Gasteiger partial charge in [-0.15, -0.1) is 0 Å². The van der Waals surface area contributed by atoms with E-state index in [1.807, 2.05) is 38.1 Å². The minimum atomic E-state index is -0.633. The molecule has 9 heteroatoms. The van der Waals surface area contributed by atoms with Crippen LogP contribution in [0.1, 0.15) is 39.9 Å². The molecule has 0 aliphatic carbocycles. The second-order valence-electron chi connectivity index (χ2n) is 7.94. The molecule has 36 heavy (non-hydrogen) atoms. The van der Waals surface area contributed by atoms with Crippen LogP contribution in [0.2, 0.25) is 0 Å². The molecule has 1 aliphatic heterocycles. The highest BCUT2D eigenvalue weighted by molar-refractivity contribution is 8.18. The van der Waals surface area contributed by atoms with Crippen LogP contribution in [0.4, 0.5) is 4.79 Å². The average molecular weight is 508 g/mol. The van der Waals surface area contributed by atoms with Gasteiger partial charge < -0.3 is 18.6 Å². The molecule has 1 fully saturated rings. The van der Waals surface area contributed by atoms with Crippen LogP contribution in [-0.2, 0) is 22.7 Å². The molecule has 4 rings (SSSR count). The Labute approximate surface area is 212 Å². The Hall–Kier alpha value is -3.98. The van der Waals surface area contributed by atoms with Gasteiger partial charge in [-0.05, 0) is 67.1 Å². The van der Waals surface area contributed by atoms with Crippen LogP contribution in [0.15, 0.2) is 63.9 Å². The highest BCUT2D eigenvalue weighted by Gasteiger charge is 2.35. The molecule has 1 aliphatic rings. The van der Waals surface area contributed by atoms with E-state index in [9.17, 15) is 14.4 Å². The molecule has 1 saturated heterocycles. The number of esters is 1. The maximum absolute atomic E-state index is 12.9. The van der Waals surface area contributed by atoms with Crippen molar-refractivity contribution in [3.8, 4) is 11.5 Å². The lowest BCUT2D eigenvalue weighted by molar-refractivity contribution is -0.123. The third kappa shape index (κ3) is 5.80. The summed E-state index contributed by atoms with van der Waals surface area (Å²) in [6, 6.07) is 16.4. The van der Waals surface area contributed by atoms with Crippen LogP contribution in [0.5, 0.6) is 11.5 Å². The minimum Gasteiger partial charge on any atom is -0.490 e. The van der Waals surface area contributed by atoms with Crippen molar-refractivity contribution >= 4 is 35.0 Å². The number of benzene rings is 2. The van der Waals surface area contributed by atoms with E-state index in [2.05, 4.69) is 4.74 Å². The highest BCUT2D eigenvalue weighted by atomic mass is 32.2. The number of carbonyl (C=O) groups excluding carboxylic acids is 3. The van der Waals surface area contributed by atoms with E-state index < -0.39 is 17.1 Å². The number of amides is 2. The minimum absolute atomic E-state index is 0.00292. The lowest BCUT2D eigenvalue weighted by Gasteiger charge is -2.13. The van der Waals surface area contributed by atoms with Gasteiger partial charge in [-0.25, -0.2) is 4.79 Å². The third-order valence-corrected chi connectivity index (χ3v) is 6.22. The summed E-state index contributed by atoms with van der Waals surface area (Å²) >= 11 is 0.839. The van der Waals surface area contributed by atoms with Crippen molar-refractivity contribution in [2.45, 2.75) is 27.0 Å². The van der Waals surface area contributed by atoms with Crippen LogP contribution in [0.25, 0.3) is 6.08 Å². The zero-order chi connectivity index (χ0) is 25.7. The Balaban J connectivity index is 1.48. The summed E-state index contributed by atoms with van der Waals surface area (Å²) in [4.78, 5) is 38.3. The molecule has 2 aromatic carbocycles. The molecule has 186 valence electrons. The fourth-order valence-corrected chi connectivity index (χ4v) is 4.30. The summed E-state index contributed by atoms with van der Waals surface area (Å²) in [6.45, 7) is 4.65. The summed E-state index contributed by atoms with van der Waals surface area (Å²) in [5.74, 6) is 0.353. The molecule has 0 atom stereocenters. The number of ether oxygens (including phenoxy) is 3. The van der Waals surface area contributed by atoms with Gasteiger partial charge in [0.2, 0.25) is 5.76 Å². The van der Waals surface area contributed by atoms with E-state index in [1.165, 1.54) is 24.8 Å². The van der Waals surface area contributed by atoms with E-state index in [0.717, 1.165) is 22.2 Å². The maximum Gasteiger partial charge on any atom is 0.373 e. The predicted octanol–water partition coefficient (Wildman–Crippen LogP) is 5.59. The highest BCUT2D eigenvalue weighted by Crippen LogP contribution is 2.35. The second-order valence-corrected chi connectivity index (χ2v) is 8.93. The molecular formula is C27H25NO7S. The van der Waals surface area contributed by atoms with Gasteiger partial charge in [-0.3, -0.25) is 14.5 Å². The largest absolute Gasteiger partial charge is 0.490 e. The van der Waals surface area contributed by atoms with Gasteiger partial charge in [-0.2, -0.15) is 0 Å². The fourth-order valence-electron chi connectivity index (χ4n) is 3.46. The smallest absolute Gasteiger partial charge is 0.373 e. The first-order valence-corrected chi connectivity index (χ1v) is 12.1. The zero-order valence-corrected chi connectivity index (χ0v) is 20.9. The van der Waals surface area contributed by atoms with E-state index >= 15 is 0 Å². The van der Waals surface area contributed by atoms with Crippen LogP contribution < -0.4 is 9.47 Å². The SMILES string of the molecule is CCOc1cc(/C=C2/SC(=O)N(Cc3ccc(C(=O)OC)o3)C2=O)ccc1OCc1ccc(C)cc1. The molecule has 0 spiro atoms. The molecule has 0 bridgehead atoms. The zero-order valence-electron chi connectivity index (χ0n) is 20.1. The lowest BCUT2D eigenvalue weighted by atomic mass is 10.1. The summed E-state index contributed by atoms with van der Waals surface area (Å²) in [7, 11) is 1.24. The van der Waals surface area contributed by atoms with Gasteiger partial charge in [0.15, 0.2) is 11.5 Å². The standard InChI is InChI=1S/C27H25NO7S/c1-4-33-23-13-19(9-11-21(23)34-16-18-7-5-17(2)6-8-18)14-24-25(29)28(27(31)36-24)15-20-10-12-22(35-20)26(30)32-3/h5-14H,4,15-16H2,1-3H3/b24-14+. The molecule has 1 aromatic heterocycles. The first-order valence-electron chi connectivity index (χ1n) is 11.3. The van der Waals surface area contributed by atoms with Gasteiger partial charge in [0.25, 0.3) is 11.1 Å². The number of nitrogens with zero attached hydrogens (tertiary/aromatic N) is 1. The summed E-state index contributed by atoms with van der Waals surface area (Å²) in [5.41, 5.74) is 2.91. The average Bonchev–Trinajstić information content (AvgIpc) is 3.45. The molecule has 8 nitrogen and oxygen atoms in total. The summed E-state index contributed by atoms with van der Waals surface area (Å²) < 4.78 is 21.7. The van der Waals surface area contributed by atoms with Crippen molar-refractivity contribution in [3.63, 3.8) is 0 Å². The van der Waals surface area contributed by atoms with Crippen molar-refractivity contribution in [1.29, 1.82) is 0 Å². The van der Waals surface area contributed by atoms with E-state index in [-0.39, 0.29) is 17.2 Å². The Morgan fingerprint density at radius 2 is 1.81 bits per heavy atom. The molecule has 2 heterocycles. The number of rotatable bonds is 9. The molecule has 3 aromatic rings. The van der Waals surface area contributed by atoms with Crippen molar-refractivity contribution in [1.82, 2.24) is 4.90 Å². The number of methoxy groups -OCH3 is 1. The van der Waals surface area contributed by atoms with Crippen molar-refractivity contribution < 1.29 is 33.0 Å². The fraction of sp³-hybridized carbons (Fsp3) is 0.222. The Morgan fingerprint density at radius 3 is 2.53 bits per heavy atom. The second kappa shape index (κ2) is 11.2. The number of hydrogen-bond donors (Lipinski definition) is 0. The van der Waals surface area contributed by atoms with Crippen LogP contribution >= 0.6 is 11.8 Å². The van der Waals surface area contributed by atoms with Crippen molar-refractivity contribution in [3.05, 3.63) is 87.7 Å². The first kappa shape index (κ1) is 25.1. The number of carbonyl (C=O) groups is 3. The number of imide groups is 1. The predicted molar refractivity (Wildman–Crippen MR) is 135 cm³/mol. The van der Waals surface area contributed by atoms with Gasteiger partial charge in [0.05, 0.1) is 25.2 Å². The first-order chi connectivity index (χ1) is 17.4. The number of thioether (sulfide) groups is 1. The Bertz CT molecular complexity index is 1310. The van der Waals surface area contributed by atoms with Crippen molar-refractivity contribution in [2.75, 3.05) is 13.7 Å². The molecule has 0 saturated carbocycles. The molecule has 2 amide bonds. The van der Waals surface area contributed by atoms with Crippen LogP contribution in [0.3, 0.4) is 0 Å². The van der Waals surface area contributed by atoms with Crippen molar-refractivity contribution in [2.24, 2.45) is 0 Å². The number of hydrogen-bond acceptors (Lipinski definition) is 8. The lowest BCUT2D eigenvalue weighted by Crippen LogP contribution is -2.27. The molecule has 0 N–H and O–H groups in total. The molecule has 0 unspecified atom stereocenters. The Morgan fingerprint density at radius 1 is 1.03 bits per heavy atom. The normalized spacial score (nSPS) is 14.4. The topological polar surface area (TPSA) is 95.3 Å². The van der Waals surface area contributed by atoms with Gasteiger partial charge in [0, 0.05) is 0 Å². The van der Waals surface area contributed by atoms with Crippen LogP contribution in [-0.4, -0.2) is 35.7 Å². The Kier molecular flexibility index (Phi) is 7.80. The van der Waals surface area contributed by atoms with E-state index in [1.54, 1.807) is 24.3 Å². The van der Waals surface area contributed by atoms with Gasteiger partial charge in [0.1, 0.15) is 12.4 Å². The quantitative estimate of drug-likeness (QED) is 0.273. The van der Waals surface area contributed by atoms with Crippen LogP contribution in [0, 0.1) is 6.92 Å². The third-order valence-electron chi connectivity index (χ3n) is 5.32. The summed E-state index contributed by atoms with van der Waals surface area (Å²) in [5, 5.41) is -0.426.